The second-order valence-corrected chi connectivity index (χ2v) is 10.5. The zero-order valence-electron chi connectivity index (χ0n) is 22.9. The lowest BCUT2D eigenvalue weighted by Gasteiger charge is -2.19. The molecule has 0 atom stereocenters. The van der Waals surface area contributed by atoms with Crippen LogP contribution in [0.1, 0.15) is 60.3 Å². The minimum Gasteiger partial charge on any atom is -0.328 e. The number of benzene rings is 4. The molecule has 1 N–H and O–H groups in total. The van der Waals surface area contributed by atoms with Crippen molar-refractivity contribution in [2.45, 2.75) is 51.5 Å². The monoisotopic (exact) mass is 526 g/mol. The third-order valence-electron chi connectivity index (χ3n) is 7.72. The van der Waals surface area contributed by atoms with Crippen LogP contribution < -0.4 is 5.56 Å². The van der Waals surface area contributed by atoms with Crippen molar-refractivity contribution in [1.29, 1.82) is 0 Å². The van der Waals surface area contributed by atoms with Gasteiger partial charge in [0.25, 0.3) is 5.56 Å². The highest BCUT2D eigenvalue weighted by Gasteiger charge is 2.18. The van der Waals surface area contributed by atoms with Crippen LogP contribution in [0.25, 0.3) is 22.1 Å². The molecule has 6 aromatic rings. The number of hydrogen-bond acceptors (Lipinski definition) is 3. The first-order chi connectivity index (χ1) is 19.7. The Morgan fingerprint density at radius 1 is 0.800 bits per heavy atom. The fourth-order valence-electron chi connectivity index (χ4n) is 5.63. The van der Waals surface area contributed by atoms with Crippen molar-refractivity contribution < 1.29 is 0 Å². The van der Waals surface area contributed by atoms with Crippen LogP contribution in [0.4, 0.5) is 0 Å². The Morgan fingerprint density at radius 2 is 1.45 bits per heavy atom. The molecule has 0 aliphatic heterocycles. The van der Waals surface area contributed by atoms with Crippen LogP contribution in [-0.4, -0.2) is 19.5 Å². The second kappa shape index (κ2) is 11.7. The normalized spacial score (nSPS) is 11.6. The first kappa shape index (κ1) is 25.8. The number of unbranched alkanes of at least 4 members (excludes halogenated alkanes) is 1. The van der Waals surface area contributed by atoms with E-state index in [-0.39, 0.29) is 11.5 Å². The Bertz CT molecular complexity index is 1730. The maximum Gasteiger partial charge on any atom is 0.270 e. The number of nitrogens with zero attached hydrogens (tertiary/aromatic N) is 3. The zero-order valence-corrected chi connectivity index (χ0v) is 22.9. The van der Waals surface area contributed by atoms with Gasteiger partial charge in [-0.1, -0.05) is 104 Å². The maximum absolute atomic E-state index is 12.9. The lowest BCUT2D eigenvalue weighted by Crippen LogP contribution is -2.15. The number of fused-ring (bicyclic) bond motifs is 2. The van der Waals surface area contributed by atoms with Crippen LogP contribution in [0, 0.1) is 0 Å². The number of aromatic nitrogens is 4. The van der Waals surface area contributed by atoms with Gasteiger partial charge in [0.15, 0.2) is 0 Å². The summed E-state index contributed by atoms with van der Waals surface area (Å²) < 4.78 is 2.38. The van der Waals surface area contributed by atoms with Gasteiger partial charge in [-0.3, -0.25) is 4.79 Å². The molecule has 0 saturated carbocycles. The zero-order chi connectivity index (χ0) is 27.3. The molecule has 0 aliphatic rings. The molecule has 0 unspecified atom stereocenters. The molecule has 0 fully saturated rings. The maximum atomic E-state index is 12.9. The minimum absolute atomic E-state index is 0.144. The fourth-order valence-corrected chi connectivity index (χ4v) is 5.63. The van der Waals surface area contributed by atoms with E-state index in [1.807, 2.05) is 36.4 Å². The van der Waals surface area contributed by atoms with Gasteiger partial charge in [-0.05, 0) is 41.7 Å². The molecule has 0 aliphatic carbocycles. The van der Waals surface area contributed by atoms with Gasteiger partial charge in [0.2, 0.25) is 0 Å². The van der Waals surface area contributed by atoms with E-state index in [0.717, 1.165) is 65.7 Å². The van der Waals surface area contributed by atoms with Gasteiger partial charge in [-0.15, -0.1) is 0 Å². The largest absolute Gasteiger partial charge is 0.328 e. The van der Waals surface area contributed by atoms with Crippen molar-refractivity contribution in [3.8, 4) is 0 Å². The first-order valence-electron chi connectivity index (χ1n) is 14.3. The van der Waals surface area contributed by atoms with Gasteiger partial charge in [-0.25, -0.2) is 9.97 Å². The first-order valence-corrected chi connectivity index (χ1v) is 14.3. The summed E-state index contributed by atoms with van der Waals surface area (Å²) in [6.45, 7) is 3.06. The molecule has 0 radical (unpaired) electrons. The number of nitrogens with one attached hydrogen (secondary N) is 1. The van der Waals surface area contributed by atoms with Crippen LogP contribution in [0.3, 0.4) is 0 Å². The molecule has 5 heteroatoms. The van der Waals surface area contributed by atoms with Crippen molar-refractivity contribution in [3.63, 3.8) is 0 Å². The summed E-state index contributed by atoms with van der Waals surface area (Å²) in [5.41, 5.74) is 7.61. The molecule has 4 aromatic carbocycles. The van der Waals surface area contributed by atoms with Crippen LogP contribution >= 0.6 is 0 Å². The molecular weight excluding hydrogens is 492 g/mol. The topological polar surface area (TPSA) is 63.6 Å². The van der Waals surface area contributed by atoms with E-state index in [1.54, 1.807) is 0 Å². The van der Waals surface area contributed by atoms with E-state index >= 15 is 0 Å². The number of aryl methyl sites for hydroxylation is 2. The van der Waals surface area contributed by atoms with Crippen molar-refractivity contribution in [2.24, 2.45) is 0 Å². The second-order valence-electron chi connectivity index (χ2n) is 10.5. The lowest BCUT2D eigenvalue weighted by molar-refractivity contribution is 0.577. The van der Waals surface area contributed by atoms with Crippen molar-refractivity contribution in [3.05, 3.63) is 142 Å². The van der Waals surface area contributed by atoms with Gasteiger partial charge < -0.3 is 9.55 Å². The summed E-state index contributed by atoms with van der Waals surface area (Å²) in [6, 6.07) is 35.7. The molecule has 5 nitrogen and oxygen atoms in total. The van der Waals surface area contributed by atoms with E-state index in [9.17, 15) is 4.79 Å². The standard InChI is InChI=1S/C35H34N4O/c1-2-3-19-34-37-31-23-29-30(36-32(35(40)38-29)22-25-13-7-4-8-14-25)24-33(31)39(34)21-20-28(26-15-9-5-10-16-26)27-17-11-6-12-18-27/h4-18,23-24,28H,2-3,19-22H2,1H3,(H,38,40). The van der Waals surface area contributed by atoms with Crippen molar-refractivity contribution in [1.82, 2.24) is 19.5 Å². The minimum atomic E-state index is -0.144. The summed E-state index contributed by atoms with van der Waals surface area (Å²) in [5, 5.41) is 0. The van der Waals surface area contributed by atoms with E-state index in [0.29, 0.717) is 12.1 Å². The number of aromatic amines is 1. The van der Waals surface area contributed by atoms with Gasteiger partial charge in [0.05, 0.1) is 22.1 Å². The molecule has 0 bridgehead atoms. The number of rotatable bonds is 10. The molecule has 200 valence electrons. The quantitative estimate of drug-likeness (QED) is 0.202. The average molecular weight is 527 g/mol. The summed E-state index contributed by atoms with van der Waals surface area (Å²) in [7, 11) is 0. The van der Waals surface area contributed by atoms with Crippen molar-refractivity contribution >= 4 is 22.1 Å². The highest BCUT2D eigenvalue weighted by molar-refractivity contribution is 5.91. The molecule has 0 amide bonds. The average Bonchev–Trinajstić information content (AvgIpc) is 3.33. The predicted molar refractivity (Wildman–Crippen MR) is 163 cm³/mol. The van der Waals surface area contributed by atoms with Crippen LogP contribution in [0.15, 0.2) is 108 Å². The molecule has 40 heavy (non-hydrogen) atoms. The molecular formula is C35H34N4O. The summed E-state index contributed by atoms with van der Waals surface area (Å²) in [6.07, 6.45) is 4.57. The van der Waals surface area contributed by atoms with Gasteiger partial charge in [-0.2, -0.15) is 0 Å². The van der Waals surface area contributed by atoms with Gasteiger partial charge in [0.1, 0.15) is 11.5 Å². The van der Waals surface area contributed by atoms with E-state index in [4.69, 9.17) is 9.97 Å². The van der Waals surface area contributed by atoms with Gasteiger partial charge in [0, 0.05) is 25.3 Å². The number of hydrogen-bond donors (Lipinski definition) is 1. The highest BCUT2D eigenvalue weighted by Crippen LogP contribution is 2.30. The molecule has 2 aromatic heterocycles. The molecule has 6 rings (SSSR count). The van der Waals surface area contributed by atoms with Gasteiger partial charge >= 0.3 is 0 Å². The van der Waals surface area contributed by atoms with E-state index < -0.39 is 0 Å². The Hall–Kier alpha value is -4.51. The fraction of sp³-hybridized carbons (Fsp3) is 0.229. The van der Waals surface area contributed by atoms with E-state index in [2.05, 4.69) is 83.2 Å². The smallest absolute Gasteiger partial charge is 0.270 e. The van der Waals surface area contributed by atoms with Crippen LogP contribution in [0.5, 0.6) is 0 Å². The summed E-state index contributed by atoms with van der Waals surface area (Å²) in [4.78, 5) is 25.9. The Kier molecular flexibility index (Phi) is 7.53. The Balaban J connectivity index is 1.40. The van der Waals surface area contributed by atoms with Crippen LogP contribution in [0.2, 0.25) is 0 Å². The molecule has 0 saturated heterocycles. The Morgan fingerprint density at radius 3 is 2.10 bits per heavy atom. The third kappa shape index (κ3) is 5.46. The van der Waals surface area contributed by atoms with Crippen LogP contribution in [-0.2, 0) is 19.4 Å². The summed E-state index contributed by atoms with van der Waals surface area (Å²) in [5.74, 6) is 1.38. The van der Waals surface area contributed by atoms with Crippen molar-refractivity contribution in [2.75, 3.05) is 0 Å². The number of H-pyrrole nitrogens is 1. The predicted octanol–water partition coefficient (Wildman–Crippen LogP) is 7.43. The lowest BCUT2D eigenvalue weighted by atomic mass is 9.88. The molecule has 0 spiro atoms. The highest BCUT2D eigenvalue weighted by atomic mass is 16.1. The Labute approximate surface area is 234 Å². The number of imidazole rings is 1. The summed E-state index contributed by atoms with van der Waals surface area (Å²) >= 11 is 0. The molecule has 2 heterocycles. The van der Waals surface area contributed by atoms with E-state index in [1.165, 1.54) is 11.1 Å². The SMILES string of the molecule is CCCCc1nc2cc3[nH]c(=O)c(Cc4ccccc4)nc3cc2n1CCC(c1ccccc1)c1ccccc1. The third-order valence-corrected chi connectivity index (χ3v) is 7.72.